The molecule has 0 radical (unpaired) electrons. The van der Waals surface area contributed by atoms with Crippen LogP contribution in [-0.4, -0.2) is 46.4 Å². The standard InChI is InChI=1S/C24H30N2O4/c1-28-21-16-19(20(17-22(21)29-2)26-12-14-30-15-13-26)25-23(27)24(10-6-7-11-24)18-8-4-3-5-9-18/h3-5,8-9,16-17H,6-7,10-15H2,1-2H3,(H,25,27). The summed E-state index contributed by atoms with van der Waals surface area (Å²) in [5, 5.41) is 3.26. The highest BCUT2D eigenvalue weighted by Gasteiger charge is 2.43. The second-order valence-corrected chi connectivity index (χ2v) is 7.93. The molecule has 1 aliphatic carbocycles. The monoisotopic (exact) mass is 410 g/mol. The normalized spacial score (nSPS) is 18.1. The van der Waals surface area contributed by atoms with E-state index in [2.05, 4.69) is 22.3 Å². The molecule has 0 spiro atoms. The van der Waals surface area contributed by atoms with Crippen LogP contribution in [0.1, 0.15) is 31.2 Å². The number of hydrogen-bond acceptors (Lipinski definition) is 5. The zero-order valence-corrected chi connectivity index (χ0v) is 17.8. The van der Waals surface area contributed by atoms with Gasteiger partial charge in [0.1, 0.15) is 0 Å². The minimum absolute atomic E-state index is 0.0490. The minimum Gasteiger partial charge on any atom is -0.493 e. The first-order valence-corrected chi connectivity index (χ1v) is 10.6. The summed E-state index contributed by atoms with van der Waals surface area (Å²) < 4.78 is 16.6. The van der Waals surface area contributed by atoms with Gasteiger partial charge in [0.15, 0.2) is 11.5 Å². The van der Waals surface area contributed by atoms with Gasteiger partial charge in [-0.25, -0.2) is 0 Å². The zero-order chi connectivity index (χ0) is 21.0. The Kier molecular flexibility index (Phi) is 6.13. The van der Waals surface area contributed by atoms with E-state index in [9.17, 15) is 4.79 Å². The number of rotatable bonds is 6. The highest BCUT2D eigenvalue weighted by molar-refractivity contribution is 6.02. The van der Waals surface area contributed by atoms with E-state index in [4.69, 9.17) is 14.2 Å². The third kappa shape index (κ3) is 3.84. The number of morpholine rings is 1. The minimum atomic E-state index is -0.489. The van der Waals surface area contributed by atoms with E-state index >= 15 is 0 Å². The molecule has 4 rings (SSSR count). The number of nitrogens with one attached hydrogen (secondary N) is 1. The molecule has 30 heavy (non-hydrogen) atoms. The van der Waals surface area contributed by atoms with Crippen LogP contribution in [-0.2, 0) is 14.9 Å². The Labute approximate surface area is 178 Å². The molecule has 1 saturated carbocycles. The SMILES string of the molecule is COc1cc(NC(=O)C2(c3ccccc3)CCCC2)c(N2CCOCC2)cc1OC. The molecule has 0 bridgehead atoms. The van der Waals surface area contributed by atoms with Crippen LogP contribution in [0.25, 0.3) is 0 Å². The number of carbonyl (C=O) groups excluding carboxylic acids is 1. The van der Waals surface area contributed by atoms with Crippen molar-refractivity contribution in [3.05, 3.63) is 48.0 Å². The first-order valence-electron chi connectivity index (χ1n) is 10.6. The van der Waals surface area contributed by atoms with Crippen molar-refractivity contribution >= 4 is 17.3 Å². The molecular formula is C24H30N2O4. The summed E-state index contributed by atoms with van der Waals surface area (Å²) in [7, 11) is 3.24. The van der Waals surface area contributed by atoms with Gasteiger partial charge in [0.25, 0.3) is 0 Å². The molecule has 2 fully saturated rings. The second kappa shape index (κ2) is 8.96. The molecule has 1 aliphatic heterocycles. The molecule has 1 N–H and O–H groups in total. The maximum Gasteiger partial charge on any atom is 0.235 e. The van der Waals surface area contributed by atoms with Crippen molar-refractivity contribution in [2.24, 2.45) is 0 Å². The van der Waals surface area contributed by atoms with Crippen LogP contribution in [0, 0.1) is 0 Å². The van der Waals surface area contributed by atoms with Crippen LogP contribution >= 0.6 is 0 Å². The largest absolute Gasteiger partial charge is 0.493 e. The number of nitrogens with zero attached hydrogens (tertiary/aromatic N) is 1. The van der Waals surface area contributed by atoms with Crippen molar-refractivity contribution in [1.82, 2.24) is 0 Å². The van der Waals surface area contributed by atoms with Crippen molar-refractivity contribution in [3.63, 3.8) is 0 Å². The molecule has 2 aliphatic rings. The summed E-state index contributed by atoms with van der Waals surface area (Å²) >= 11 is 0. The highest BCUT2D eigenvalue weighted by atomic mass is 16.5. The molecule has 2 aromatic carbocycles. The van der Waals surface area contributed by atoms with Gasteiger partial charge < -0.3 is 24.4 Å². The number of carbonyl (C=O) groups is 1. The lowest BCUT2D eigenvalue weighted by molar-refractivity contribution is -0.121. The Morgan fingerprint density at radius 3 is 2.27 bits per heavy atom. The molecule has 2 aromatic rings. The molecule has 1 amide bonds. The fourth-order valence-corrected chi connectivity index (χ4v) is 4.66. The van der Waals surface area contributed by atoms with Crippen LogP contribution < -0.4 is 19.7 Å². The van der Waals surface area contributed by atoms with Gasteiger partial charge in [0.05, 0.1) is 44.2 Å². The average molecular weight is 411 g/mol. The molecule has 1 saturated heterocycles. The first kappa shape index (κ1) is 20.5. The molecule has 6 heteroatoms. The molecule has 0 atom stereocenters. The van der Waals surface area contributed by atoms with Crippen LogP contribution in [0.2, 0.25) is 0 Å². The lowest BCUT2D eigenvalue weighted by atomic mass is 9.78. The maximum atomic E-state index is 13.7. The van der Waals surface area contributed by atoms with Gasteiger partial charge in [-0.2, -0.15) is 0 Å². The van der Waals surface area contributed by atoms with Gasteiger partial charge in [-0.15, -0.1) is 0 Å². The third-order valence-corrected chi connectivity index (χ3v) is 6.32. The maximum absolute atomic E-state index is 13.7. The van der Waals surface area contributed by atoms with Gasteiger partial charge in [0, 0.05) is 25.2 Å². The van der Waals surface area contributed by atoms with Gasteiger partial charge in [-0.1, -0.05) is 43.2 Å². The molecule has 160 valence electrons. The van der Waals surface area contributed by atoms with Crippen LogP contribution in [0.5, 0.6) is 11.5 Å². The van der Waals surface area contributed by atoms with Crippen LogP contribution in [0.4, 0.5) is 11.4 Å². The summed E-state index contributed by atoms with van der Waals surface area (Å²) in [6.45, 7) is 2.86. The summed E-state index contributed by atoms with van der Waals surface area (Å²) in [4.78, 5) is 15.9. The number of anilines is 2. The summed E-state index contributed by atoms with van der Waals surface area (Å²) in [6.07, 6.45) is 3.85. The summed E-state index contributed by atoms with van der Waals surface area (Å²) in [6, 6.07) is 14.0. The van der Waals surface area contributed by atoms with Crippen molar-refractivity contribution in [3.8, 4) is 11.5 Å². The first-order chi connectivity index (χ1) is 14.7. The predicted octanol–water partition coefficient (Wildman–Crippen LogP) is 3.99. The average Bonchev–Trinajstić information content (AvgIpc) is 3.31. The van der Waals surface area contributed by atoms with Gasteiger partial charge >= 0.3 is 0 Å². The van der Waals surface area contributed by atoms with E-state index in [1.165, 1.54) is 0 Å². The van der Waals surface area contributed by atoms with Gasteiger partial charge in [-0.3, -0.25) is 4.79 Å². The van der Waals surface area contributed by atoms with Crippen LogP contribution in [0.3, 0.4) is 0 Å². The molecule has 0 unspecified atom stereocenters. The summed E-state index contributed by atoms with van der Waals surface area (Å²) in [5.41, 5.74) is 2.29. The fourth-order valence-electron chi connectivity index (χ4n) is 4.66. The highest BCUT2D eigenvalue weighted by Crippen LogP contribution is 2.44. The number of benzene rings is 2. The topological polar surface area (TPSA) is 60.0 Å². The quantitative estimate of drug-likeness (QED) is 0.780. The Hall–Kier alpha value is -2.73. The Bertz CT molecular complexity index is 872. The molecular weight excluding hydrogens is 380 g/mol. The van der Waals surface area contributed by atoms with Crippen molar-refractivity contribution in [2.75, 3.05) is 50.7 Å². The fraction of sp³-hybridized carbons (Fsp3) is 0.458. The number of hydrogen-bond donors (Lipinski definition) is 1. The lowest BCUT2D eigenvalue weighted by Crippen LogP contribution is -2.40. The van der Waals surface area contributed by atoms with Gasteiger partial charge in [0.2, 0.25) is 5.91 Å². The smallest absolute Gasteiger partial charge is 0.235 e. The van der Waals surface area contributed by atoms with Gasteiger partial charge in [-0.05, 0) is 18.4 Å². The Morgan fingerprint density at radius 2 is 1.63 bits per heavy atom. The lowest BCUT2D eigenvalue weighted by Gasteiger charge is -2.33. The van der Waals surface area contributed by atoms with E-state index in [-0.39, 0.29) is 5.91 Å². The predicted molar refractivity (Wildman–Crippen MR) is 118 cm³/mol. The molecule has 0 aromatic heterocycles. The molecule has 6 nitrogen and oxygen atoms in total. The van der Waals surface area contributed by atoms with E-state index in [1.54, 1.807) is 14.2 Å². The third-order valence-electron chi connectivity index (χ3n) is 6.32. The van der Waals surface area contributed by atoms with Crippen molar-refractivity contribution < 1.29 is 19.0 Å². The Morgan fingerprint density at radius 1 is 1.00 bits per heavy atom. The van der Waals surface area contributed by atoms with Crippen molar-refractivity contribution in [1.29, 1.82) is 0 Å². The van der Waals surface area contributed by atoms with Crippen molar-refractivity contribution in [2.45, 2.75) is 31.1 Å². The number of ether oxygens (including phenoxy) is 3. The zero-order valence-electron chi connectivity index (χ0n) is 17.8. The summed E-state index contributed by atoms with van der Waals surface area (Å²) in [5.74, 6) is 1.30. The van der Waals surface area contributed by atoms with E-state index < -0.39 is 5.41 Å². The van der Waals surface area contributed by atoms with E-state index in [1.807, 2.05) is 30.3 Å². The van der Waals surface area contributed by atoms with Crippen LogP contribution in [0.15, 0.2) is 42.5 Å². The number of methoxy groups -OCH3 is 2. The van der Waals surface area contributed by atoms with E-state index in [0.29, 0.717) is 24.7 Å². The second-order valence-electron chi connectivity index (χ2n) is 7.93. The molecule has 1 heterocycles. The van der Waals surface area contributed by atoms with E-state index in [0.717, 1.165) is 55.7 Å². The number of amides is 1. The Balaban J connectivity index is 1.71.